The van der Waals surface area contributed by atoms with Crippen molar-refractivity contribution in [1.29, 1.82) is 0 Å². The van der Waals surface area contributed by atoms with Gasteiger partial charge in [-0.05, 0) is 36.8 Å². The Morgan fingerprint density at radius 3 is 2.65 bits per heavy atom. The number of aromatic nitrogens is 1. The fourth-order valence-corrected chi connectivity index (χ4v) is 2.49. The van der Waals surface area contributed by atoms with Crippen LogP contribution in [-0.4, -0.2) is 22.1 Å². The number of methoxy groups -OCH3 is 1. The van der Waals surface area contributed by atoms with Gasteiger partial charge in [0.2, 0.25) is 0 Å². The molecule has 9 heteroatoms. The van der Waals surface area contributed by atoms with Crippen LogP contribution in [0, 0.1) is 17.0 Å². The molecule has 0 atom stereocenters. The quantitative estimate of drug-likeness (QED) is 0.417. The molecule has 2 N–H and O–H groups in total. The van der Waals surface area contributed by atoms with E-state index in [2.05, 4.69) is 15.2 Å². The molecule has 0 saturated heterocycles. The number of ether oxygens (including phenoxy) is 1. The zero-order chi connectivity index (χ0) is 18.8. The van der Waals surface area contributed by atoms with Gasteiger partial charge in [-0.1, -0.05) is 6.07 Å². The minimum absolute atomic E-state index is 0.0698. The van der Waals surface area contributed by atoms with Gasteiger partial charge in [0.05, 0.1) is 17.7 Å². The van der Waals surface area contributed by atoms with E-state index in [0.29, 0.717) is 11.4 Å². The molecule has 1 aromatic heterocycles. The van der Waals surface area contributed by atoms with Crippen LogP contribution >= 0.6 is 0 Å². The van der Waals surface area contributed by atoms with Crippen LogP contribution in [0.1, 0.15) is 5.56 Å². The molecule has 0 amide bonds. The highest BCUT2D eigenvalue weighted by Gasteiger charge is 2.18. The number of rotatable bonds is 4. The summed E-state index contributed by atoms with van der Waals surface area (Å²) in [7, 11) is 1.54. The van der Waals surface area contributed by atoms with E-state index in [4.69, 9.17) is 4.74 Å². The van der Waals surface area contributed by atoms with Crippen molar-refractivity contribution in [2.45, 2.75) is 6.92 Å². The maximum atomic E-state index is 12.2. The molecule has 3 aromatic rings. The Bertz CT molecular complexity index is 1100. The van der Waals surface area contributed by atoms with E-state index in [1.165, 1.54) is 18.2 Å². The Kier molecular flexibility index (Phi) is 4.36. The predicted molar refractivity (Wildman–Crippen MR) is 94.8 cm³/mol. The normalized spacial score (nSPS) is 11.2. The van der Waals surface area contributed by atoms with Crippen LogP contribution in [0.5, 0.6) is 11.5 Å². The molecule has 0 unspecified atom stereocenters. The lowest BCUT2D eigenvalue weighted by atomic mass is 10.1. The Morgan fingerprint density at radius 2 is 2.00 bits per heavy atom. The molecule has 0 spiro atoms. The maximum absolute atomic E-state index is 12.2. The number of aryl methyl sites for hydroxylation is 1. The summed E-state index contributed by atoms with van der Waals surface area (Å²) in [6, 6.07) is 9.20. The molecule has 3 rings (SSSR count). The molecular weight excluding hydrogens is 340 g/mol. The molecule has 1 heterocycles. The number of hydrogen-bond acceptors (Lipinski definition) is 7. The lowest BCUT2D eigenvalue weighted by Gasteiger charge is -2.05. The van der Waals surface area contributed by atoms with E-state index >= 15 is 0 Å². The predicted octanol–water partition coefficient (Wildman–Crippen LogP) is 3.87. The third-order valence-electron chi connectivity index (χ3n) is 3.83. The average molecular weight is 354 g/mol. The van der Waals surface area contributed by atoms with E-state index < -0.39 is 16.2 Å². The van der Waals surface area contributed by atoms with E-state index in [1.807, 2.05) is 0 Å². The van der Waals surface area contributed by atoms with Crippen LogP contribution in [0.4, 0.5) is 17.1 Å². The number of nitrogens with zero attached hydrogens (tertiary/aromatic N) is 3. The standard InChI is InChI=1S/C17H14N4O5/c1-9-8-10(26-2)6-7-12(9)19-20-15-16(22)11-4-3-5-13(21(24)25)14(11)18-17(15)23/h3-8H,1-2H3,(H2,18,22,23). The number of aromatic amines is 1. The lowest BCUT2D eigenvalue weighted by Crippen LogP contribution is -2.06. The van der Waals surface area contributed by atoms with Crippen molar-refractivity contribution in [3.8, 4) is 11.5 Å². The summed E-state index contributed by atoms with van der Waals surface area (Å²) in [4.78, 5) is 25.0. The van der Waals surface area contributed by atoms with Gasteiger partial charge in [-0.3, -0.25) is 14.9 Å². The summed E-state index contributed by atoms with van der Waals surface area (Å²) in [6.07, 6.45) is 0. The Morgan fingerprint density at radius 1 is 1.23 bits per heavy atom. The van der Waals surface area contributed by atoms with Gasteiger partial charge in [0.1, 0.15) is 11.3 Å². The first-order valence-electron chi connectivity index (χ1n) is 7.51. The topological polar surface area (TPSA) is 130 Å². The number of fused-ring (bicyclic) bond motifs is 1. The SMILES string of the molecule is COc1ccc(N=Nc2c(O)c3cccc([N+](=O)[O-])c3[nH]c2=O)c(C)c1. The molecule has 0 radical (unpaired) electrons. The van der Waals surface area contributed by atoms with Crippen molar-refractivity contribution in [3.05, 3.63) is 62.4 Å². The Hall–Kier alpha value is -3.75. The van der Waals surface area contributed by atoms with Gasteiger partial charge < -0.3 is 14.8 Å². The van der Waals surface area contributed by atoms with E-state index in [9.17, 15) is 20.0 Å². The number of aromatic hydroxyl groups is 1. The molecular formula is C17H14N4O5. The number of benzene rings is 2. The second kappa shape index (κ2) is 6.63. The second-order valence-electron chi connectivity index (χ2n) is 5.46. The van der Waals surface area contributed by atoms with Crippen LogP contribution in [0.25, 0.3) is 10.9 Å². The number of nitro groups is 1. The van der Waals surface area contributed by atoms with E-state index in [1.54, 1.807) is 32.2 Å². The Balaban J connectivity index is 2.12. The van der Waals surface area contributed by atoms with Crippen LogP contribution in [-0.2, 0) is 0 Å². The minimum atomic E-state index is -0.779. The third-order valence-corrected chi connectivity index (χ3v) is 3.83. The van der Waals surface area contributed by atoms with Gasteiger partial charge in [-0.15, -0.1) is 10.2 Å². The number of para-hydroxylation sites is 1. The number of pyridine rings is 1. The largest absolute Gasteiger partial charge is 0.505 e. The summed E-state index contributed by atoms with van der Waals surface area (Å²) in [6.45, 7) is 1.80. The maximum Gasteiger partial charge on any atom is 0.293 e. The molecule has 132 valence electrons. The second-order valence-corrected chi connectivity index (χ2v) is 5.46. The number of non-ortho nitro benzene ring substituents is 1. The van der Waals surface area contributed by atoms with Crippen LogP contribution in [0.15, 0.2) is 51.4 Å². The van der Waals surface area contributed by atoms with Crippen molar-refractivity contribution in [2.75, 3.05) is 7.11 Å². The van der Waals surface area contributed by atoms with Gasteiger partial charge in [0, 0.05) is 11.5 Å². The fraction of sp³-hybridized carbons (Fsp3) is 0.118. The molecule has 0 fully saturated rings. The smallest absolute Gasteiger partial charge is 0.293 e. The van der Waals surface area contributed by atoms with Gasteiger partial charge in [0.25, 0.3) is 11.2 Å². The number of azo groups is 1. The molecule has 0 bridgehead atoms. The molecule has 0 aliphatic heterocycles. The van der Waals surface area contributed by atoms with Gasteiger partial charge >= 0.3 is 0 Å². The van der Waals surface area contributed by atoms with Crippen molar-refractivity contribution in [2.24, 2.45) is 10.2 Å². The Labute approximate surface area is 146 Å². The highest BCUT2D eigenvalue weighted by molar-refractivity contribution is 5.94. The molecule has 0 aliphatic carbocycles. The number of H-pyrrole nitrogens is 1. The van der Waals surface area contributed by atoms with Crippen molar-refractivity contribution < 1.29 is 14.8 Å². The first-order chi connectivity index (χ1) is 12.4. The molecule has 26 heavy (non-hydrogen) atoms. The fourth-order valence-electron chi connectivity index (χ4n) is 2.49. The van der Waals surface area contributed by atoms with Crippen molar-refractivity contribution >= 4 is 28.0 Å². The molecule has 0 aliphatic rings. The van der Waals surface area contributed by atoms with Gasteiger partial charge in [-0.2, -0.15) is 0 Å². The minimum Gasteiger partial charge on any atom is -0.505 e. The van der Waals surface area contributed by atoms with Gasteiger partial charge in [-0.25, -0.2) is 0 Å². The summed E-state index contributed by atoms with van der Waals surface area (Å²) in [5.74, 6) is 0.183. The number of nitrogens with one attached hydrogen (secondary N) is 1. The van der Waals surface area contributed by atoms with Gasteiger partial charge in [0.15, 0.2) is 11.4 Å². The molecule has 2 aromatic carbocycles. The third kappa shape index (κ3) is 2.97. The first kappa shape index (κ1) is 17.1. The summed E-state index contributed by atoms with van der Waals surface area (Å²) in [5, 5.41) is 29.4. The van der Waals surface area contributed by atoms with E-state index in [0.717, 1.165) is 5.56 Å². The average Bonchev–Trinajstić information content (AvgIpc) is 2.62. The van der Waals surface area contributed by atoms with Crippen LogP contribution in [0.2, 0.25) is 0 Å². The summed E-state index contributed by atoms with van der Waals surface area (Å²) in [5.41, 5.74) is -0.236. The number of hydrogen-bond donors (Lipinski definition) is 2. The zero-order valence-electron chi connectivity index (χ0n) is 13.9. The molecule has 0 saturated carbocycles. The highest BCUT2D eigenvalue weighted by Crippen LogP contribution is 2.35. The summed E-state index contributed by atoms with van der Waals surface area (Å²) >= 11 is 0. The lowest BCUT2D eigenvalue weighted by molar-refractivity contribution is -0.383. The summed E-state index contributed by atoms with van der Waals surface area (Å²) < 4.78 is 5.11. The van der Waals surface area contributed by atoms with E-state index in [-0.39, 0.29) is 22.3 Å². The number of nitro benzene ring substituents is 1. The monoisotopic (exact) mass is 354 g/mol. The first-order valence-corrected chi connectivity index (χ1v) is 7.51. The van der Waals surface area contributed by atoms with Crippen LogP contribution in [0.3, 0.4) is 0 Å². The zero-order valence-corrected chi connectivity index (χ0v) is 13.9. The van der Waals surface area contributed by atoms with Crippen LogP contribution < -0.4 is 10.3 Å². The van der Waals surface area contributed by atoms with Crippen molar-refractivity contribution in [3.63, 3.8) is 0 Å². The highest BCUT2D eigenvalue weighted by atomic mass is 16.6. The van der Waals surface area contributed by atoms with Crippen molar-refractivity contribution in [1.82, 2.24) is 4.98 Å². The molecule has 9 nitrogen and oxygen atoms in total.